The van der Waals surface area contributed by atoms with Gasteiger partial charge in [0.15, 0.2) is 5.78 Å². The zero-order valence-corrected chi connectivity index (χ0v) is 20.4. The van der Waals surface area contributed by atoms with Crippen LogP contribution in [0.15, 0.2) is 48.8 Å². The molecule has 7 heteroatoms. The van der Waals surface area contributed by atoms with Crippen molar-refractivity contribution in [1.82, 2.24) is 14.9 Å². The van der Waals surface area contributed by atoms with Crippen LogP contribution in [0.3, 0.4) is 0 Å². The van der Waals surface area contributed by atoms with Crippen LogP contribution in [-0.2, 0) is 16.0 Å². The molecule has 1 fully saturated rings. The fraction of sp³-hybridized carbons (Fsp3) is 0.321. The largest absolute Gasteiger partial charge is 0.488 e. The van der Waals surface area contributed by atoms with Crippen molar-refractivity contribution in [2.75, 3.05) is 39.2 Å². The van der Waals surface area contributed by atoms with Gasteiger partial charge in [0, 0.05) is 47.7 Å². The van der Waals surface area contributed by atoms with E-state index < -0.39 is 0 Å². The van der Waals surface area contributed by atoms with Crippen molar-refractivity contribution in [2.24, 2.45) is 0 Å². The first-order valence-electron chi connectivity index (χ1n) is 11.6. The molecule has 2 heterocycles. The summed E-state index contributed by atoms with van der Waals surface area (Å²) in [6, 6.07) is 9.69. The minimum atomic E-state index is -0.0421. The Kier molecular flexibility index (Phi) is 7.76. The Balaban J connectivity index is 1.70. The van der Waals surface area contributed by atoms with E-state index >= 15 is 0 Å². The van der Waals surface area contributed by atoms with Gasteiger partial charge in [-0.25, -0.2) is 9.97 Å². The summed E-state index contributed by atoms with van der Waals surface area (Å²) in [4.78, 5) is 23.7. The summed E-state index contributed by atoms with van der Waals surface area (Å²) >= 11 is 0. The number of aryl methyl sites for hydroxylation is 1. The quantitative estimate of drug-likeness (QED) is 0.373. The topological polar surface area (TPSA) is 76.6 Å². The molecule has 7 nitrogen and oxygen atoms in total. The van der Waals surface area contributed by atoms with Crippen LogP contribution in [0.25, 0.3) is 10.9 Å². The lowest BCUT2D eigenvalue weighted by atomic mass is 10.0. The van der Waals surface area contributed by atoms with Gasteiger partial charge in [0.2, 0.25) is 0 Å². The predicted molar refractivity (Wildman–Crippen MR) is 138 cm³/mol. The van der Waals surface area contributed by atoms with Crippen LogP contribution in [0, 0.1) is 19.3 Å². The summed E-state index contributed by atoms with van der Waals surface area (Å²) in [5.74, 6) is 3.97. The molecule has 1 atom stereocenters. The van der Waals surface area contributed by atoms with Gasteiger partial charge in [0.1, 0.15) is 24.0 Å². The molecular formula is C28H30N4O3. The lowest BCUT2D eigenvalue weighted by molar-refractivity contribution is -0.114. The van der Waals surface area contributed by atoms with Crippen LogP contribution < -0.4 is 10.1 Å². The number of nitrogens with one attached hydrogen (secondary N) is 1. The van der Waals surface area contributed by atoms with Crippen LogP contribution in [0.5, 0.6) is 5.75 Å². The summed E-state index contributed by atoms with van der Waals surface area (Å²) in [5.41, 5.74) is 4.18. The molecule has 0 amide bonds. The highest BCUT2D eigenvalue weighted by molar-refractivity contribution is 5.96. The van der Waals surface area contributed by atoms with Crippen molar-refractivity contribution in [1.29, 1.82) is 0 Å². The standard InChI is InChI=1S/C28H30N4O3/c1-5-20-11-19(2)12-22(13-20)31-28-25-15-21(14-23(33)7-6-9-32(3)4)27(16-26(25)29-18-30-28)35-24-8-10-34-17-24/h1,6-7,11-13,15-16,18,24H,8-10,14,17H2,2-4H3,(H,29,30,31)/b7-6+/t24-/m0/s1. The Bertz CT molecular complexity index is 1290. The average molecular weight is 471 g/mol. The summed E-state index contributed by atoms with van der Waals surface area (Å²) < 4.78 is 11.7. The van der Waals surface area contributed by atoms with E-state index in [0.717, 1.165) is 39.7 Å². The van der Waals surface area contributed by atoms with Gasteiger partial charge in [-0.3, -0.25) is 4.79 Å². The van der Waals surface area contributed by atoms with Crippen LogP contribution in [0.2, 0.25) is 0 Å². The summed E-state index contributed by atoms with van der Waals surface area (Å²) in [6.45, 7) is 3.90. The molecule has 1 aliphatic heterocycles. The smallest absolute Gasteiger partial charge is 0.159 e. The first kappa shape index (κ1) is 24.4. The maximum absolute atomic E-state index is 12.8. The molecule has 1 saturated heterocycles. The van der Waals surface area contributed by atoms with Crippen molar-refractivity contribution in [3.05, 3.63) is 65.5 Å². The molecule has 180 valence electrons. The van der Waals surface area contributed by atoms with Crippen LogP contribution in [0.4, 0.5) is 11.5 Å². The second-order valence-corrected chi connectivity index (χ2v) is 8.97. The van der Waals surface area contributed by atoms with E-state index in [9.17, 15) is 4.79 Å². The van der Waals surface area contributed by atoms with Gasteiger partial charge in [-0.2, -0.15) is 0 Å². The lowest BCUT2D eigenvalue weighted by Gasteiger charge is -2.17. The van der Waals surface area contributed by atoms with E-state index in [1.807, 2.05) is 62.3 Å². The van der Waals surface area contributed by atoms with Crippen molar-refractivity contribution in [3.63, 3.8) is 0 Å². The first-order valence-corrected chi connectivity index (χ1v) is 11.6. The number of carbonyl (C=O) groups is 1. The van der Waals surface area contributed by atoms with Crippen LogP contribution in [-0.4, -0.2) is 60.6 Å². The van der Waals surface area contributed by atoms with E-state index in [-0.39, 0.29) is 18.3 Å². The SMILES string of the molecule is C#Cc1cc(C)cc(Nc2ncnc3cc(O[C@H]4CCOC4)c(CC(=O)/C=C/CN(C)C)cc23)c1. The Morgan fingerprint density at radius 2 is 2.14 bits per heavy atom. The number of ketones is 1. The van der Waals surface area contributed by atoms with Crippen LogP contribution in [0.1, 0.15) is 23.1 Å². The Hall–Kier alpha value is -3.73. The molecule has 0 unspecified atom stereocenters. The third-order valence-corrected chi connectivity index (χ3v) is 5.64. The van der Waals surface area contributed by atoms with E-state index in [0.29, 0.717) is 31.3 Å². The van der Waals surface area contributed by atoms with Crippen molar-refractivity contribution < 1.29 is 14.3 Å². The Morgan fingerprint density at radius 3 is 2.89 bits per heavy atom. The number of allylic oxidation sites excluding steroid dienone is 1. The molecule has 1 aromatic heterocycles. The number of terminal acetylenes is 1. The molecule has 0 spiro atoms. The molecule has 1 N–H and O–H groups in total. The number of fused-ring (bicyclic) bond motifs is 1. The zero-order chi connectivity index (χ0) is 24.8. The van der Waals surface area contributed by atoms with Crippen molar-refractivity contribution in [2.45, 2.75) is 25.9 Å². The molecule has 2 aromatic carbocycles. The lowest BCUT2D eigenvalue weighted by Crippen LogP contribution is -2.17. The second kappa shape index (κ2) is 11.1. The van der Waals surface area contributed by atoms with Crippen molar-refractivity contribution >= 4 is 28.2 Å². The first-order chi connectivity index (χ1) is 16.9. The second-order valence-electron chi connectivity index (χ2n) is 8.97. The molecule has 0 bridgehead atoms. The molecule has 3 aromatic rings. The Morgan fingerprint density at radius 1 is 1.29 bits per heavy atom. The fourth-order valence-corrected chi connectivity index (χ4v) is 3.98. The third kappa shape index (κ3) is 6.44. The number of carbonyl (C=O) groups excluding carboxylic acids is 1. The number of hydrogen-bond acceptors (Lipinski definition) is 7. The summed E-state index contributed by atoms with van der Waals surface area (Å²) in [6.07, 6.45) is 11.6. The average Bonchev–Trinajstić information content (AvgIpc) is 3.32. The van der Waals surface area contributed by atoms with Gasteiger partial charge in [-0.1, -0.05) is 12.0 Å². The number of benzene rings is 2. The number of likely N-dealkylation sites (N-methyl/N-ethyl adjacent to an activating group) is 1. The van der Waals surface area contributed by atoms with Gasteiger partial charge >= 0.3 is 0 Å². The van der Waals surface area contributed by atoms with Gasteiger partial charge < -0.3 is 19.7 Å². The summed E-state index contributed by atoms with van der Waals surface area (Å²) in [7, 11) is 3.92. The van der Waals surface area contributed by atoms with Gasteiger partial charge in [-0.15, -0.1) is 6.42 Å². The molecule has 1 aliphatic rings. The Labute approximate surface area is 206 Å². The molecule has 35 heavy (non-hydrogen) atoms. The van der Waals surface area contributed by atoms with Gasteiger partial charge in [0.05, 0.1) is 18.7 Å². The molecule has 0 aliphatic carbocycles. The molecular weight excluding hydrogens is 440 g/mol. The molecule has 0 saturated carbocycles. The fourth-order valence-electron chi connectivity index (χ4n) is 3.98. The van der Waals surface area contributed by atoms with E-state index in [2.05, 4.69) is 21.2 Å². The van der Waals surface area contributed by atoms with Crippen LogP contribution >= 0.6 is 0 Å². The molecule has 4 rings (SSSR count). The maximum Gasteiger partial charge on any atom is 0.159 e. The third-order valence-electron chi connectivity index (χ3n) is 5.64. The minimum absolute atomic E-state index is 0.00225. The molecule has 0 radical (unpaired) electrons. The van der Waals surface area contributed by atoms with Gasteiger partial charge in [0.25, 0.3) is 0 Å². The van der Waals surface area contributed by atoms with E-state index in [4.69, 9.17) is 15.9 Å². The highest BCUT2D eigenvalue weighted by atomic mass is 16.5. The minimum Gasteiger partial charge on any atom is -0.488 e. The van der Waals surface area contributed by atoms with E-state index in [1.165, 1.54) is 6.33 Å². The number of ether oxygens (including phenoxy) is 2. The number of anilines is 2. The number of nitrogens with zero attached hydrogens (tertiary/aromatic N) is 3. The zero-order valence-electron chi connectivity index (χ0n) is 20.4. The highest BCUT2D eigenvalue weighted by Gasteiger charge is 2.21. The normalized spacial score (nSPS) is 15.6. The number of hydrogen-bond donors (Lipinski definition) is 1. The number of aromatic nitrogens is 2. The predicted octanol–water partition coefficient (Wildman–Crippen LogP) is 4.06. The highest BCUT2D eigenvalue weighted by Crippen LogP contribution is 2.32. The maximum atomic E-state index is 12.8. The monoisotopic (exact) mass is 470 g/mol. The van der Waals surface area contributed by atoms with Gasteiger partial charge in [-0.05, 0) is 56.9 Å². The number of rotatable bonds is 9. The summed E-state index contributed by atoms with van der Waals surface area (Å²) in [5, 5.41) is 4.17. The van der Waals surface area contributed by atoms with Crippen molar-refractivity contribution in [3.8, 4) is 18.1 Å². The van der Waals surface area contributed by atoms with E-state index in [1.54, 1.807) is 6.08 Å².